The van der Waals surface area contributed by atoms with E-state index in [9.17, 15) is 13.2 Å². The minimum absolute atomic E-state index is 0.0305. The number of benzene rings is 2. The average molecular weight is 360 g/mol. The van der Waals surface area contributed by atoms with E-state index < -0.39 is 10.0 Å². The number of sulfonamides is 1. The van der Waals surface area contributed by atoms with Crippen molar-refractivity contribution in [2.24, 2.45) is 0 Å². The first-order chi connectivity index (χ1) is 12.0. The molecule has 2 aromatic carbocycles. The number of nitrogens with one attached hydrogen (secondary N) is 2. The molecule has 130 valence electrons. The molecule has 0 saturated heterocycles. The van der Waals surface area contributed by atoms with Gasteiger partial charge in [-0.2, -0.15) is 0 Å². The zero-order chi connectivity index (χ0) is 17.4. The van der Waals surface area contributed by atoms with Crippen LogP contribution in [0.2, 0.25) is 0 Å². The van der Waals surface area contributed by atoms with Crippen LogP contribution in [0.4, 0.5) is 11.4 Å². The smallest absolute Gasteiger partial charge is 0.262 e. The normalized spacial score (nSPS) is 15.9. The molecule has 0 spiro atoms. The second kappa shape index (κ2) is 5.96. The molecule has 0 bridgehead atoms. The van der Waals surface area contributed by atoms with Crippen molar-refractivity contribution in [2.75, 3.05) is 23.3 Å². The second-order valence-electron chi connectivity index (χ2n) is 5.83. The van der Waals surface area contributed by atoms with E-state index in [0.29, 0.717) is 43.2 Å². The molecule has 8 heteroatoms. The largest absolute Gasteiger partial charge is 0.486 e. The molecule has 0 fully saturated rings. The molecule has 0 unspecified atom stereocenters. The Kier molecular flexibility index (Phi) is 3.76. The van der Waals surface area contributed by atoms with Gasteiger partial charge in [0, 0.05) is 23.9 Å². The van der Waals surface area contributed by atoms with Crippen LogP contribution in [0.5, 0.6) is 11.5 Å². The highest BCUT2D eigenvalue weighted by Gasteiger charge is 2.21. The minimum atomic E-state index is -3.76. The number of amides is 1. The Morgan fingerprint density at radius 3 is 2.60 bits per heavy atom. The Labute approximate surface area is 145 Å². The Morgan fingerprint density at radius 2 is 1.76 bits per heavy atom. The highest BCUT2D eigenvalue weighted by Crippen LogP contribution is 2.33. The minimum Gasteiger partial charge on any atom is -0.486 e. The molecule has 0 saturated carbocycles. The first-order valence-electron chi connectivity index (χ1n) is 7.86. The van der Waals surface area contributed by atoms with E-state index in [1.165, 1.54) is 12.1 Å². The lowest BCUT2D eigenvalue weighted by Crippen LogP contribution is -2.20. The van der Waals surface area contributed by atoms with Gasteiger partial charge >= 0.3 is 0 Å². The van der Waals surface area contributed by atoms with E-state index in [4.69, 9.17) is 9.47 Å². The fourth-order valence-electron chi connectivity index (χ4n) is 2.85. The summed E-state index contributed by atoms with van der Waals surface area (Å²) in [6.45, 7) is 0.837. The summed E-state index contributed by atoms with van der Waals surface area (Å²) in [6, 6.07) is 9.59. The highest BCUT2D eigenvalue weighted by molar-refractivity contribution is 7.92. The van der Waals surface area contributed by atoms with Gasteiger partial charge in [-0.1, -0.05) is 0 Å². The number of carbonyl (C=O) groups is 1. The summed E-state index contributed by atoms with van der Waals surface area (Å²) in [5.74, 6) is 0.925. The van der Waals surface area contributed by atoms with Gasteiger partial charge in [0.15, 0.2) is 11.5 Å². The number of ether oxygens (including phenoxy) is 2. The molecular formula is C17H16N2O5S. The molecular weight excluding hydrogens is 344 g/mol. The summed E-state index contributed by atoms with van der Waals surface area (Å²) >= 11 is 0. The zero-order valence-corrected chi connectivity index (χ0v) is 14.1. The van der Waals surface area contributed by atoms with Gasteiger partial charge in [-0.3, -0.25) is 9.52 Å². The van der Waals surface area contributed by atoms with E-state index in [1.54, 1.807) is 24.3 Å². The summed E-state index contributed by atoms with van der Waals surface area (Å²) in [4.78, 5) is 11.5. The highest BCUT2D eigenvalue weighted by atomic mass is 32.2. The molecule has 4 rings (SSSR count). The second-order valence-corrected chi connectivity index (χ2v) is 7.51. The maximum absolute atomic E-state index is 12.6. The van der Waals surface area contributed by atoms with Crippen LogP contribution in [0.25, 0.3) is 0 Å². The van der Waals surface area contributed by atoms with E-state index in [0.717, 1.165) is 11.3 Å². The monoisotopic (exact) mass is 360 g/mol. The maximum Gasteiger partial charge on any atom is 0.262 e. The van der Waals surface area contributed by atoms with Crippen molar-refractivity contribution >= 4 is 27.3 Å². The van der Waals surface area contributed by atoms with E-state index in [1.807, 2.05) is 0 Å². The number of rotatable bonds is 3. The molecule has 1 amide bonds. The van der Waals surface area contributed by atoms with E-state index in [2.05, 4.69) is 10.0 Å². The van der Waals surface area contributed by atoms with Crippen molar-refractivity contribution in [1.29, 1.82) is 0 Å². The van der Waals surface area contributed by atoms with Crippen LogP contribution in [0, 0.1) is 0 Å². The number of anilines is 2. The molecule has 25 heavy (non-hydrogen) atoms. The van der Waals surface area contributed by atoms with Crippen LogP contribution in [-0.2, 0) is 21.2 Å². The lowest BCUT2D eigenvalue weighted by Gasteiger charge is -2.20. The quantitative estimate of drug-likeness (QED) is 0.875. The third-order valence-corrected chi connectivity index (χ3v) is 5.46. The Balaban J connectivity index is 1.60. The molecule has 2 aromatic rings. The van der Waals surface area contributed by atoms with Crippen molar-refractivity contribution in [3.8, 4) is 11.5 Å². The maximum atomic E-state index is 12.6. The SMILES string of the molecule is O=C1CCc2cc(NS(=O)(=O)c3ccc4c(c3)OCCO4)ccc2N1. The predicted molar refractivity (Wildman–Crippen MR) is 91.6 cm³/mol. The predicted octanol–water partition coefficient (Wildman–Crippen LogP) is 2.14. The molecule has 2 aliphatic heterocycles. The molecule has 0 radical (unpaired) electrons. The number of aryl methyl sites for hydroxylation is 1. The van der Waals surface area contributed by atoms with Gasteiger partial charge in [-0.15, -0.1) is 0 Å². The lowest BCUT2D eigenvalue weighted by atomic mass is 10.0. The first kappa shape index (κ1) is 15.8. The van der Waals surface area contributed by atoms with Gasteiger partial charge in [0.2, 0.25) is 5.91 Å². The van der Waals surface area contributed by atoms with Gasteiger partial charge in [0.05, 0.1) is 4.90 Å². The van der Waals surface area contributed by atoms with Crippen LogP contribution in [0.3, 0.4) is 0 Å². The van der Waals surface area contributed by atoms with Crippen LogP contribution in [-0.4, -0.2) is 27.5 Å². The van der Waals surface area contributed by atoms with Gasteiger partial charge < -0.3 is 14.8 Å². The van der Waals surface area contributed by atoms with E-state index in [-0.39, 0.29) is 10.8 Å². The summed E-state index contributed by atoms with van der Waals surface area (Å²) < 4.78 is 38.7. The molecule has 2 N–H and O–H groups in total. The topological polar surface area (TPSA) is 93.7 Å². The number of hydrogen-bond donors (Lipinski definition) is 2. The van der Waals surface area contributed by atoms with Crippen molar-refractivity contribution in [3.63, 3.8) is 0 Å². The molecule has 7 nitrogen and oxygen atoms in total. The molecule has 2 heterocycles. The van der Waals surface area contributed by atoms with Crippen molar-refractivity contribution in [3.05, 3.63) is 42.0 Å². The van der Waals surface area contributed by atoms with E-state index >= 15 is 0 Å². The van der Waals surface area contributed by atoms with Crippen LogP contribution < -0.4 is 19.5 Å². The fourth-order valence-corrected chi connectivity index (χ4v) is 3.92. The third-order valence-electron chi connectivity index (χ3n) is 4.08. The number of carbonyl (C=O) groups excluding carboxylic acids is 1. The average Bonchev–Trinajstić information content (AvgIpc) is 2.61. The first-order valence-corrected chi connectivity index (χ1v) is 9.35. The fraction of sp³-hybridized carbons (Fsp3) is 0.235. The Bertz CT molecular complexity index is 956. The summed E-state index contributed by atoms with van der Waals surface area (Å²) in [5, 5.41) is 2.77. The molecule has 2 aliphatic rings. The van der Waals surface area contributed by atoms with Crippen molar-refractivity contribution in [1.82, 2.24) is 0 Å². The summed E-state index contributed by atoms with van der Waals surface area (Å²) in [6.07, 6.45) is 0.978. The van der Waals surface area contributed by atoms with Gasteiger partial charge in [-0.25, -0.2) is 8.42 Å². The molecule has 0 aromatic heterocycles. The number of hydrogen-bond acceptors (Lipinski definition) is 5. The van der Waals surface area contributed by atoms with Crippen LogP contribution in [0.15, 0.2) is 41.3 Å². The molecule has 0 atom stereocenters. The third kappa shape index (κ3) is 3.12. The van der Waals surface area contributed by atoms with Gasteiger partial charge in [-0.05, 0) is 42.3 Å². The Morgan fingerprint density at radius 1 is 0.960 bits per heavy atom. The van der Waals surface area contributed by atoms with Crippen LogP contribution >= 0.6 is 0 Å². The number of fused-ring (bicyclic) bond motifs is 2. The summed E-state index contributed by atoms with van der Waals surface area (Å²) in [5.41, 5.74) is 2.07. The molecule has 0 aliphatic carbocycles. The van der Waals surface area contributed by atoms with Crippen molar-refractivity contribution < 1.29 is 22.7 Å². The van der Waals surface area contributed by atoms with Gasteiger partial charge in [0.1, 0.15) is 13.2 Å². The zero-order valence-electron chi connectivity index (χ0n) is 13.2. The van der Waals surface area contributed by atoms with Gasteiger partial charge in [0.25, 0.3) is 10.0 Å². The van der Waals surface area contributed by atoms with Crippen LogP contribution in [0.1, 0.15) is 12.0 Å². The lowest BCUT2D eigenvalue weighted by molar-refractivity contribution is -0.116. The van der Waals surface area contributed by atoms with Crippen molar-refractivity contribution in [2.45, 2.75) is 17.7 Å². The Hall–Kier alpha value is -2.74. The summed E-state index contributed by atoms with van der Waals surface area (Å²) in [7, 11) is -3.76. The standard InChI is InChI=1S/C17H16N2O5S/c20-17-6-1-11-9-12(2-4-14(11)18-17)19-25(21,22)13-3-5-15-16(10-13)24-8-7-23-15/h2-5,9-10,19H,1,6-8H2,(H,18,20).